The highest BCUT2D eigenvalue weighted by Gasteiger charge is 2.36. The summed E-state index contributed by atoms with van der Waals surface area (Å²) in [7, 11) is 1.41. The normalized spacial score (nSPS) is 19.1. The topological polar surface area (TPSA) is 76.5 Å². The molecule has 0 bridgehead atoms. The number of hydrogen-bond donors (Lipinski definition) is 1. The number of nitrogens with zero attached hydrogens (tertiary/aromatic N) is 4. The van der Waals surface area contributed by atoms with E-state index >= 15 is 0 Å². The Hall–Kier alpha value is -3.24. The fraction of sp³-hybridized carbons (Fsp3) is 0.435. The number of rotatable bonds is 4. The first-order chi connectivity index (χ1) is 16.1. The smallest absolute Gasteiger partial charge is 0.282 e. The highest BCUT2D eigenvalue weighted by atomic mass is 19.3. The number of carbonyl (C=O) groups is 1. The number of fused-ring (bicyclic) bond motifs is 1. The molecule has 6 nitrogen and oxygen atoms in total. The Labute approximate surface area is 193 Å². The Morgan fingerprint density at radius 1 is 1.15 bits per heavy atom. The van der Waals surface area contributed by atoms with Crippen LogP contribution in [0, 0.1) is 17.5 Å². The molecule has 1 aromatic heterocycles. The first-order valence-electron chi connectivity index (χ1n) is 10.9. The predicted molar refractivity (Wildman–Crippen MR) is 115 cm³/mol. The van der Waals surface area contributed by atoms with E-state index in [0.717, 1.165) is 25.0 Å². The number of carbonyl (C=O) groups excluding carboxylic acids is 1. The number of aromatic nitrogens is 2. The van der Waals surface area contributed by atoms with Crippen molar-refractivity contribution in [1.82, 2.24) is 14.5 Å². The first-order valence-corrected chi connectivity index (χ1v) is 10.9. The molecular formula is C23H24F5N5O. The number of nitrogens with two attached hydrogens (primary N) is 1. The molecule has 4 rings (SSSR count). The molecule has 1 aromatic carbocycles. The van der Waals surface area contributed by atoms with Gasteiger partial charge in [0.25, 0.3) is 12.3 Å². The molecule has 182 valence electrons. The number of aliphatic imine (C=N–C) groups is 1. The van der Waals surface area contributed by atoms with Crippen LogP contribution in [-0.2, 0) is 13.0 Å². The maximum absolute atomic E-state index is 13.8. The number of amides is 1. The van der Waals surface area contributed by atoms with E-state index in [2.05, 4.69) is 9.98 Å². The maximum atomic E-state index is 13.8. The van der Waals surface area contributed by atoms with Gasteiger partial charge in [0.05, 0.1) is 11.8 Å². The van der Waals surface area contributed by atoms with Gasteiger partial charge in [-0.1, -0.05) is 0 Å². The average Bonchev–Trinajstić information content (AvgIpc) is 3.20. The van der Waals surface area contributed by atoms with Gasteiger partial charge in [0.2, 0.25) is 0 Å². The monoisotopic (exact) mass is 481 g/mol. The van der Waals surface area contributed by atoms with Gasteiger partial charge in [-0.25, -0.2) is 26.9 Å². The van der Waals surface area contributed by atoms with Crippen molar-refractivity contribution in [2.75, 3.05) is 13.6 Å². The van der Waals surface area contributed by atoms with E-state index in [1.165, 1.54) is 11.9 Å². The number of aryl methyl sites for hydroxylation is 1. The van der Waals surface area contributed by atoms with Gasteiger partial charge in [-0.15, -0.1) is 0 Å². The van der Waals surface area contributed by atoms with Crippen LogP contribution in [0.4, 0.5) is 22.0 Å². The van der Waals surface area contributed by atoms with E-state index in [1.807, 2.05) is 0 Å². The third-order valence-electron chi connectivity index (χ3n) is 6.41. The van der Waals surface area contributed by atoms with E-state index in [0.29, 0.717) is 24.4 Å². The molecule has 0 radical (unpaired) electrons. The van der Waals surface area contributed by atoms with Crippen molar-refractivity contribution in [3.8, 4) is 0 Å². The van der Waals surface area contributed by atoms with Crippen LogP contribution < -0.4 is 5.73 Å². The molecule has 0 unspecified atom stereocenters. The summed E-state index contributed by atoms with van der Waals surface area (Å²) in [6.45, 7) is 2.19. The van der Waals surface area contributed by atoms with Crippen LogP contribution >= 0.6 is 0 Å². The van der Waals surface area contributed by atoms with Crippen LogP contribution in [0.5, 0.6) is 0 Å². The summed E-state index contributed by atoms with van der Waals surface area (Å²) < 4.78 is 70.0. The van der Waals surface area contributed by atoms with Crippen molar-refractivity contribution in [1.29, 1.82) is 0 Å². The zero-order valence-corrected chi connectivity index (χ0v) is 18.7. The number of halogens is 5. The molecule has 2 N–H and O–H groups in total. The SMILES string of the molecule is CN=C(C1=C(N)[C@H](C)N(C(=O)c2c(C(F)F)nc3n2CCCC3)CC1)c1cc(F)c(F)c(F)c1. The summed E-state index contributed by atoms with van der Waals surface area (Å²) in [5.41, 5.74) is 6.52. The molecule has 2 aromatic rings. The van der Waals surface area contributed by atoms with E-state index < -0.39 is 41.5 Å². The van der Waals surface area contributed by atoms with Crippen LogP contribution in [0.25, 0.3) is 0 Å². The lowest BCUT2D eigenvalue weighted by Crippen LogP contribution is -2.47. The maximum Gasteiger partial charge on any atom is 0.282 e. The fourth-order valence-corrected chi connectivity index (χ4v) is 4.67. The number of benzene rings is 1. The minimum atomic E-state index is -2.90. The molecule has 0 saturated carbocycles. The van der Waals surface area contributed by atoms with Gasteiger partial charge >= 0.3 is 0 Å². The molecule has 0 spiro atoms. The minimum absolute atomic E-state index is 0.00803. The second-order valence-corrected chi connectivity index (χ2v) is 8.36. The second kappa shape index (κ2) is 9.19. The Morgan fingerprint density at radius 3 is 2.44 bits per heavy atom. The first kappa shape index (κ1) is 23.9. The molecule has 11 heteroatoms. The van der Waals surface area contributed by atoms with Crippen molar-refractivity contribution in [2.24, 2.45) is 10.7 Å². The molecular weight excluding hydrogens is 457 g/mol. The van der Waals surface area contributed by atoms with Crippen molar-refractivity contribution < 1.29 is 26.7 Å². The Kier molecular flexibility index (Phi) is 6.46. The zero-order valence-electron chi connectivity index (χ0n) is 18.7. The van der Waals surface area contributed by atoms with Gasteiger partial charge in [0.1, 0.15) is 17.2 Å². The molecule has 2 aliphatic rings. The van der Waals surface area contributed by atoms with Crippen molar-refractivity contribution in [3.63, 3.8) is 0 Å². The van der Waals surface area contributed by atoms with Crippen LogP contribution in [0.15, 0.2) is 28.4 Å². The quantitative estimate of drug-likeness (QED) is 0.405. The van der Waals surface area contributed by atoms with Crippen LogP contribution in [0.3, 0.4) is 0 Å². The lowest BCUT2D eigenvalue weighted by Gasteiger charge is -2.36. The van der Waals surface area contributed by atoms with Gasteiger partial charge < -0.3 is 15.2 Å². The summed E-state index contributed by atoms with van der Waals surface area (Å²) in [6.07, 6.45) is -0.635. The molecule has 0 fully saturated rings. The minimum Gasteiger partial charge on any atom is -0.400 e. The standard InChI is InChI=1S/C23H24F5N5O/c1-11-18(29)13(19(30-2)12-9-14(24)17(26)15(25)10-12)6-8-32(11)23(34)21-20(22(27)28)31-16-5-3-4-7-33(16)21/h9-11,22H,3-8,29H2,1-2H3/t11-/m0/s1. The van der Waals surface area contributed by atoms with E-state index in [9.17, 15) is 26.7 Å². The lowest BCUT2D eigenvalue weighted by atomic mass is 9.91. The van der Waals surface area contributed by atoms with Crippen molar-refractivity contribution in [2.45, 2.75) is 51.6 Å². The number of alkyl halides is 2. The number of hydrogen-bond acceptors (Lipinski definition) is 4. The highest BCUT2D eigenvalue weighted by Crippen LogP contribution is 2.31. The third kappa shape index (κ3) is 3.97. The summed E-state index contributed by atoms with van der Waals surface area (Å²) >= 11 is 0. The van der Waals surface area contributed by atoms with E-state index in [1.54, 1.807) is 11.5 Å². The Morgan fingerprint density at radius 2 is 1.82 bits per heavy atom. The number of imidazole rings is 1. The predicted octanol–water partition coefficient (Wildman–Crippen LogP) is 4.14. The van der Waals surface area contributed by atoms with E-state index in [4.69, 9.17) is 5.73 Å². The molecule has 34 heavy (non-hydrogen) atoms. The van der Waals surface area contributed by atoms with Crippen molar-refractivity contribution >= 4 is 11.6 Å². The fourth-order valence-electron chi connectivity index (χ4n) is 4.67. The lowest BCUT2D eigenvalue weighted by molar-refractivity contribution is 0.0681. The largest absolute Gasteiger partial charge is 0.400 e. The molecule has 2 aliphatic heterocycles. The third-order valence-corrected chi connectivity index (χ3v) is 6.41. The second-order valence-electron chi connectivity index (χ2n) is 8.36. The molecule has 1 amide bonds. The average molecular weight is 481 g/mol. The summed E-state index contributed by atoms with van der Waals surface area (Å²) in [6, 6.07) is 0.955. The Bertz CT molecular complexity index is 1180. The zero-order chi connectivity index (χ0) is 24.7. The summed E-state index contributed by atoms with van der Waals surface area (Å²) in [4.78, 5) is 23.0. The highest BCUT2D eigenvalue weighted by molar-refractivity contribution is 6.13. The van der Waals surface area contributed by atoms with E-state index in [-0.39, 0.29) is 35.6 Å². The van der Waals surface area contributed by atoms with Crippen molar-refractivity contribution in [3.05, 3.63) is 63.6 Å². The molecule has 1 atom stereocenters. The Balaban J connectivity index is 1.69. The van der Waals surface area contributed by atoms with Gasteiger partial charge in [0, 0.05) is 43.4 Å². The van der Waals surface area contributed by atoms with Gasteiger partial charge in [0.15, 0.2) is 17.5 Å². The van der Waals surface area contributed by atoms with Crippen LogP contribution in [0.1, 0.15) is 60.2 Å². The van der Waals surface area contributed by atoms with Gasteiger partial charge in [-0.3, -0.25) is 9.79 Å². The van der Waals surface area contributed by atoms with Crippen LogP contribution in [0.2, 0.25) is 0 Å². The van der Waals surface area contributed by atoms with Crippen LogP contribution in [-0.4, -0.2) is 45.7 Å². The summed E-state index contributed by atoms with van der Waals surface area (Å²) in [5, 5.41) is 0. The molecule has 3 heterocycles. The molecule has 0 aliphatic carbocycles. The van der Waals surface area contributed by atoms with Gasteiger partial charge in [-0.05, 0) is 38.3 Å². The summed E-state index contributed by atoms with van der Waals surface area (Å²) in [5.74, 6) is -4.44. The van der Waals surface area contributed by atoms with Gasteiger partial charge in [-0.2, -0.15) is 0 Å². The molecule has 0 saturated heterocycles.